The van der Waals surface area contributed by atoms with E-state index in [2.05, 4.69) is 17.9 Å². The number of alkyl halides is 1. The minimum Gasteiger partial charge on any atom is -0.370 e. The summed E-state index contributed by atoms with van der Waals surface area (Å²) in [7, 11) is 0. The predicted octanol–water partition coefficient (Wildman–Crippen LogP) is 3.82. The standard InChI is InChI=1S/C12H14Cl2N2/c1-2-16(7-3-6-15)12-8-11(14)5-4-10(12)9-13/h4-5,8H,2-3,7,9H2,1H3. The van der Waals surface area contributed by atoms with Crippen LogP contribution in [0.15, 0.2) is 18.2 Å². The quantitative estimate of drug-likeness (QED) is 0.750. The molecule has 16 heavy (non-hydrogen) atoms. The summed E-state index contributed by atoms with van der Waals surface area (Å²) in [6, 6.07) is 7.81. The van der Waals surface area contributed by atoms with Crippen LogP contribution in [0, 0.1) is 11.3 Å². The number of benzene rings is 1. The number of hydrogen-bond donors (Lipinski definition) is 0. The molecular formula is C12H14Cl2N2. The van der Waals surface area contributed by atoms with Gasteiger partial charge in [-0.2, -0.15) is 5.26 Å². The highest BCUT2D eigenvalue weighted by Gasteiger charge is 2.09. The smallest absolute Gasteiger partial charge is 0.0640 e. The van der Waals surface area contributed by atoms with Crippen molar-refractivity contribution in [1.82, 2.24) is 0 Å². The van der Waals surface area contributed by atoms with Gasteiger partial charge in [-0.15, -0.1) is 11.6 Å². The van der Waals surface area contributed by atoms with Crippen LogP contribution < -0.4 is 4.90 Å². The second kappa shape index (κ2) is 6.62. The molecule has 0 bridgehead atoms. The molecule has 0 saturated heterocycles. The van der Waals surface area contributed by atoms with E-state index in [1.807, 2.05) is 18.2 Å². The Kier molecular flexibility index (Phi) is 5.45. The maximum Gasteiger partial charge on any atom is 0.0640 e. The molecule has 0 saturated carbocycles. The molecule has 2 nitrogen and oxygen atoms in total. The van der Waals surface area contributed by atoms with Gasteiger partial charge in [-0.3, -0.25) is 0 Å². The first-order chi connectivity index (χ1) is 7.72. The highest BCUT2D eigenvalue weighted by molar-refractivity contribution is 6.31. The van der Waals surface area contributed by atoms with Gasteiger partial charge < -0.3 is 4.90 Å². The monoisotopic (exact) mass is 256 g/mol. The molecular weight excluding hydrogens is 243 g/mol. The number of hydrogen-bond acceptors (Lipinski definition) is 2. The van der Waals surface area contributed by atoms with Gasteiger partial charge in [-0.1, -0.05) is 17.7 Å². The van der Waals surface area contributed by atoms with Crippen LogP contribution in [0.1, 0.15) is 18.9 Å². The van der Waals surface area contributed by atoms with Crippen LogP contribution in [0.4, 0.5) is 5.69 Å². The summed E-state index contributed by atoms with van der Waals surface area (Å²) in [5.74, 6) is 0.454. The van der Waals surface area contributed by atoms with Gasteiger partial charge in [0.15, 0.2) is 0 Å². The van der Waals surface area contributed by atoms with Crippen LogP contribution in [0.5, 0.6) is 0 Å². The molecule has 0 radical (unpaired) electrons. The number of nitriles is 1. The van der Waals surface area contributed by atoms with Crippen LogP contribution in [0.25, 0.3) is 0 Å². The number of nitrogens with zero attached hydrogens (tertiary/aromatic N) is 2. The van der Waals surface area contributed by atoms with Crippen molar-refractivity contribution in [2.24, 2.45) is 0 Å². The fourth-order valence-corrected chi connectivity index (χ4v) is 1.97. The summed E-state index contributed by atoms with van der Waals surface area (Å²) in [6.07, 6.45) is 0.502. The molecule has 0 aromatic heterocycles. The molecule has 0 amide bonds. The lowest BCUT2D eigenvalue weighted by Crippen LogP contribution is -2.24. The van der Waals surface area contributed by atoms with Crippen molar-refractivity contribution in [2.45, 2.75) is 19.2 Å². The highest BCUT2D eigenvalue weighted by atomic mass is 35.5. The molecule has 0 aliphatic rings. The van der Waals surface area contributed by atoms with E-state index in [0.717, 1.165) is 17.8 Å². The minimum absolute atomic E-state index is 0.454. The lowest BCUT2D eigenvalue weighted by atomic mass is 10.1. The van der Waals surface area contributed by atoms with E-state index in [1.54, 1.807) is 0 Å². The summed E-state index contributed by atoms with van der Waals surface area (Å²) < 4.78 is 0. The Labute approximate surface area is 106 Å². The van der Waals surface area contributed by atoms with Gasteiger partial charge in [-0.05, 0) is 24.6 Å². The molecule has 0 aliphatic heterocycles. The highest BCUT2D eigenvalue weighted by Crippen LogP contribution is 2.26. The van der Waals surface area contributed by atoms with E-state index in [4.69, 9.17) is 28.5 Å². The van der Waals surface area contributed by atoms with Crippen LogP contribution in [-0.2, 0) is 5.88 Å². The van der Waals surface area contributed by atoms with Gasteiger partial charge >= 0.3 is 0 Å². The summed E-state index contributed by atoms with van der Waals surface area (Å²) in [5.41, 5.74) is 2.08. The topological polar surface area (TPSA) is 27.0 Å². The first kappa shape index (κ1) is 13.2. The van der Waals surface area contributed by atoms with E-state index in [0.29, 0.717) is 23.9 Å². The lowest BCUT2D eigenvalue weighted by molar-refractivity contribution is 0.823. The Hall–Kier alpha value is -0.910. The Morgan fingerprint density at radius 2 is 2.19 bits per heavy atom. The third kappa shape index (κ3) is 3.30. The molecule has 0 N–H and O–H groups in total. The summed E-state index contributed by atoms with van der Waals surface area (Å²) >= 11 is 11.9. The van der Waals surface area contributed by atoms with E-state index in [-0.39, 0.29) is 0 Å². The van der Waals surface area contributed by atoms with Crippen molar-refractivity contribution in [3.05, 3.63) is 28.8 Å². The van der Waals surface area contributed by atoms with Crippen LogP contribution in [0.2, 0.25) is 5.02 Å². The van der Waals surface area contributed by atoms with Crippen LogP contribution >= 0.6 is 23.2 Å². The first-order valence-corrected chi connectivity index (χ1v) is 6.10. The SMILES string of the molecule is CCN(CCC#N)c1cc(Cl)ccc1CCl. The molecule has 0 aliphatic carbocycles. The Morgan fingerprint density at radius 1 is 1.44 bits per heavy atom. The lowest BCUT2D eigenvalue weighted by Gasteiger charge is -2.24. The molecule has 1 aromatic carbocycles. The maximum absolute atomic E-state index is 8.61. The molecule has 86 valence electrons. The summed E-state index contributed by atoms with van der Waals surface area (Å²) in [4.78, 5) is 2.12. The third-order valence-electron chi connectivity index (χ3n) is 2.41. The van der Waals surface area contributed by atoms with Crippen molar-refractivity contribution in [2.75, 3.05) is 18.0 Å². The second-order valence-corrected chi connectivity index (χ2v) is 4.10. The van der Waals surface area contributed by atoms with Crippen molar-refractivity contribution >= 4 is 28.9 Å². The van der Waals surface area contributed by atoms with Crippen molar-refractivity contribution in [3.8, 4) is 6.07 Å². The third-order valence-corrected chi connectivity index (χ3v) is 2.93. The van der Waals surface area contributed by atoms with Gasteiger partial charge in [0.05, 0.1) is 12.5 Å². The van der Waals surface area contributed by atoms with E-state index >= 15 is 0 Å². The molecule has 0 spiro atoms. The maximum atomic E-state index is 8.61. The molecule has 1 rings (SSSR count). The first-order valence-electron chi connectivity index (χ1n) is 5.19. The summed E-state index contributed by atoms with van der Waals surface area (Å²) in [5, 5.41) is 9.30. The molecule has 0 heterocycles. The van der Waals surface area contributed by atoms with Crippen molar-refractivity contribution < 1.29 is 0 Å². The molecule has 0 atom stereocenters. The number of halogens is 2. The predicted molar refractivity (Wildman–Crippen MR) is 69.1 cm³/mol. The Morgan fingerprint density at radius 3 is 2.75 bits per heavy atom. The van der Waals surface area contributed by atoms with Gasteiger partial charge in [0.1, 0.15) is 0 Å². The minimum atomic E-state index is 0.454. The Bertz CT molecular complexity index is 385. The van der Waals surface area contributed by atoms with Gasteiger partial charge in [0, 0.05) is 29.7 Å². The molecule has 0 unspecified atom stereocenters. The fourth-order valence-electron chi connectivity index (χ4n) is 1.58. The Balaban J connectivity index is 2.98. The zero-order valence-electron chi connectivity index (χ0n) is 9.21. The van der Waals surface area contributed by atoms with E-state index in [9.17, 15) is 0 Å². The number of anilines is 1. The average Bonchev–Trinajstić information content (AvgIpc) is 2.30. The molecule has 0 fully saturated rings. The van der Waals surface area contributed by atoms with Gasteiger partial charge in [0.2, 0.25) is 0 Å². The van der Waals surface area contributed by atoms with E-state index < -0.39 is 0 Å². The fraction of sp³-hybridized carbons (Fsp3) is 0.417. The van der Waals surface area contributed by atoms with Crippen molar-refractivity contribution in [3.63, 3.8) is 0 Å². The van der Waals surface area contributed by atoms with Gasteiger partial charge in [0.25, 0.3) is 0 Å². The zero-order valence-corrected chi connectivity index (χ0v) is 10.7. The largest absolute Gasteiger partial charge is 0.370 e. The molecule has 1 aromatic rings. The number of rotatable bonds is 5. The van der Waals surface area contributed by atoms with E-state index in [1.165, 1.54) is 0 Å². The normalized spacial score (nSPS) is 9.88. The van der Waals surface area contributed by atoms with Crippen LogP contribution in [-0.4, -0.2) is 13.1 Å². The van der Waals surface area contributed by atoms with Crippen LogP contribution in [0.3, 0.4) is 0 Å². The molecule has 4 heteroatoms. The summed E-state index contributed by atoms with van der Waals surface area (Å²) in [6.45, 7) is 3.60. The second-order valence-electron chi connectivity index (χ2n) is 3.39. The van der Waals surface area contributed by atoms with Crippen molar-refractivity contribution in [1.29, 1.82) is 5.26 Å². The average molecular weight is 257 g/mol. The zero-order chi connectivity index (χ0) is 12.0. The van der Waals surface area contributed by atoms with Gasteiger partial charge in [-0.25, -0.2) is 0 Å².